The third kappa shape index (κ3) is 4.24. The van der Waals surface area contributed by atoms with Crippen LogP contribution in [0.25, 0.3) is 0 Å². The summed E-state index contributed by atoms with van der Waals surface area (Å²) >= 11 is 0. The van der Waals surface area contributed by atoms with Gasteiger partial charge in [-0.3, -0.25) is 4.79 Å². The first-order valence-electron chi connectivity index (χ1n) is 10.7. The zero-order chi connectivity index (χ0) is 22.7. The summed E-state index contributed by atoms with van der Waals surface area (Å²) in [6, 6.07) is 4.82. The molecule has 166 valence electrons. The number of rotatable bonds is 4. The number of hydrogen-bond donors (Lipinski definition) is 0. The van der Waals surface area contributed by atoms with Crippen molar-refractivity contribution in [1.82, 2.24) is 0 Å². The summed E-state index contributed by atoms with van der Waals surface area (Å²) in [5.41, 5.74) is -0.102. The Morgan fingerprint density at radius 1 is 1.17 bits per heavy atom. The van der Waals surface area contributed by atoms with Crippen LogP contribution in [-0.2, 0) is 18.5 Å². The number of anilines is 1. The summed E-state index contributed by atoms with van der Waals surface area (Å²) in [5, 5.41) is 0.0548. The van der Waals surface area contributed by atoms with Crippen molar-refractivity contribution >= 4 is 32.5 Å². The van der Waals surface area contributed by atoms with Gasteiger partial charge in [0.25, 0.3) is 0 Å². The molecule has 1 aromatic carbocycles. The molecule has 30 heavy (non-hydrogen) atoms. The van der Waals surface area contributed by atoms with E-state index in [-0.39, 0.29) is 29.2 Å². The zero-order valence-electron chi connectivity index (χ0n) is 19.8. The molecule has 0 radical (unpaired) electrons. The quantitative estimate of drug-likeness (QED) is 0.664. The van der Waals surface area contributed by atoms with Crippen LogP contribution in [0.2, 0.25) is 18.1 Å². The van der Waals surface area contributed by atoms with Gasteiger partial charge in [-0.15, -0.1) is 0 Å². The van der Waals surface area contributed by atoms with Crippen molar-refractivity contribution in [3.8, 4) is 0 Å². The number of benzene rings is 1. The van der Waals surface area contributed by atoms with Gasteiger partial charge in [-0.2, -0.15) is 0 Å². The molecular formula is C22H35BFNO4Si. The van der Waals surface area contributed by atoms with Gasteiger partial charge in [0.05, 0.1) is 36.0 Å². The molecule has 0 unspecified atom stereocenters. The van der Waals surface area contributed by atoms with Crippen molar-refractivity contribution in [3.05, 3.63) is 24.0 Å². The molecular weight excluding hydrogens is 400 g/mol. The van der Waals surface area contributed by atoms with Gasteiger partial charge in [-0.05, 0) is 63.4 Å². The highest BCUT2D eigenvalue weighted by atomic mass is 28.4. The van der Waals surface area contributed by atoms with E-state index in [1.54, 1.807) is 12.1 Å². The Morgan fingerprint density at radius 3 is 2.23 bits per heavy atom. The van der Waals surface area contributed by atoms with E-state index in [2.05, 4.69) is 33.9 Å². The highest BCUT2D eigenvalue weighted by Crippen LogP contribution is 2.39. The maximum absolute atomic E-state index is 15.0. The molecule has 0 bridgehead atoms. The second-order valence-electron chi connectivity index (χ2n) is 11.0. The molecule has 0 N–H and O–H groups in total. The summed E-state index contributed by atoms with van der Waals surface area (Å²) in [5.74, 6) is -0.565. The highest BCUT2D eigenvalue weighted by Gasteiger charge is 2.52. The van der Waals surface area contributed by atoms with Crippen LogP contribution >= 0.6 is 0 Å². The van der Waals surface area contributed by atoms with Gasteiger partial charge in [0.1, 0.15) is 5.82 Å². The molecule has 0 saturated carbocycles. The molecule has 2 saturated heterocycles. The van der Waals surface area contributed by atoms with Crippen molar-refractivity contribution < 1.29 is 22.9 Å². The SMILES string of the molecule is CC1(C)OB(c2ccc(N3C[C@@H](O[Si](C)(C)C(C)(C)C)CC3=O)c(F)c2)OC1(C)C. The molecule has 8 heteroatoms. The second-order valence-corrected chi connectivity index (χ2v) is 15.8. The number of carbonyl (C=O) groups is 1. The van der Waals surface area contributed by atoms with Gasteiger partial charge >= 0.3 is 7.12 Å². The maximum atomic E-state index is 15.0. The van der Waals surface area contributed by atoms with Gasteiger partial charge in [0.2, 0.25) is 5.91 Å². The van der Waals surface area contributed by atoms with E-state index in [0.717, 1.165) is 0 Å². The Kier molecular flexibility index (Phi) is 5.81. The number of amides is 1. The number of hydrogen-bond acceptors (Lipinski definition) is 4. The molecule has 1 aromatic rings. The molecule has 0 aliphatic carbocycles. The van der Waals surface area contributed by atoms with Crippen LogP contribution in [0.1, 0.15) is 54.9 Å². The highest BCUT2D eigenvalue weighted by molar-refractivity contribution is 6.74. The average Bonchev–Trinajstić information content (AvgIpc) is 3.01. The van der Waals surface area contributed by atoms with Crippen LogP contribution in [0.4, 0.5) is 10.1 Å². The van der Waals surface area contributed by atoms with E-state index in [1.165, 1.54) is 11.0 Å². The predicted molar refractivity (Wildman–Crippen MR) is 121 cm³/mol. The maximum Gasteiger partial charge on any atom is 0.494 e. The lowest BCUT2D eigenvalue weighted by Crippen LogP contribution is -2.44. The first-order valence-corrected chi connectivity index (χ1v) is 13.6. The largest absolute Gasteiger partial charge is 0.494 e. The molecule has 2 heterocycles. The molecule has 0 spiro atoms. The van der Waals surface area contributed by atoms with Crippen LogP contribution < -0.4 is 10.4 Å². The third-order valence-electron chi connectivity index (χ3n) is 7.14. The fourth-order valence-corrected chi connectivity index (χ4v) is 4.79. The number of nitrogens with zero attached hydrogens (tertiary/aromatic N) is 1. The first-order chi connectivity index (χ1) is 13.5. The van der Waals surface area contributed by atoms with Gasteiger partial charge in [-0.25, -0.2) is 4.39 Å². The van der Waals surface area contributed by atoms with E-state index < -0.39 is 32.5 Å². The molecule has 2 aliphatic heterocycles. The van der Waals surface area contributed by atoms with Crippen molar-refractivity contribution in [3.63, 3.8) is 0 Å². The van der Waals surface area contributed by atoms with Crippen molar-refractivity contribution in [2.45, 2.75) is 90.3 Å². The summed E-state index contributed by atoms with van der Waals surface area (Å²) in [6.07, 6.45) is 0.0749. The average molecular weight is 435 g/mol. The Labute approximate surface area is 181 Å². The molecule has 1 atom stereocenters. The topological polar surface area (TPSA) is 48.0 Å². The lowest BCUT2D eigenvalue weighted by molar-refractivity contribution is -0.117. The fraction of sp³-hybridized carbons (Fsp3) is 0.682. The minimum absolute atomic E-state index is 0.0548. The summed E-state index contributed by atoms with van der Waals surface area (Å²) in [7, 11) is -2.64. The number of halogens is 1. The van der Waals surface area contributed by atoms with Crippen LogP contribution in [0.15, 0.2) is 18.2 Å². The summed E-state index contributed by atoms with van der Waals surface area (Å²) < 4.78 is 33.4. The van der Waals surface area contributed by atoms with Crippen molar-refractivity contribution in [2.75, 3.05) is 11.4 Å². The van der Waals surface area contributed by atoms with E-state index in [0.29, 0.717) is 12.0 Å². The minimum Gasteiger partial charge on any atom is -0.412 e. The number of carbonyl (C=O) groups excluding carboxylic acids is 1. The molecule has 2 aliphatic rings. The van der Waals surface area contributed by atoms with E-state index in [1.807, 2.05) is 27.7 Å². The molecule has 3 rings (SSSR count). The van der Waals surface area contributed by atoms with Crippen molar-refractivity contribution in [1.29, 1.82) is 0 Å². The van der Waals surface area contributed by atoms with E-state index >= 15 is 4.39 Å². The fourth-order valence-electron chi connectivity index (χ4n) is 3.45. The van der Waals surface area contributed by atoms with Crippen LogP contribution in [0.3, 0.4) is 0 Å². The lowest BCUT2D eigenvalue weighted by Gasteiger charge is -2.38. The lowest BCUT2D eigenvalue weighted by atomic mass is 9.79. The van der Waals surface area contributed by atoms with Gasteiger partial charge in [-0.1, -0.05) is 26.8 Å². The Morgan fingerprint density at radius 2 is 1.73 bits per heavy atom. The van der Waals surface area contributed by atoms with Gasteiger partial charge in [0, 0.05) is 0 Å². The monoisotopic (exact) mass is 435 g/mol. The predicted octanol–water partition coefficient (Wildman–Crippen LogP) is 4.25. The minimum atomic E-state index is -2.00. The molecule has 2 fully saturated rings. The van der Waals surface area contributed by atoms with E-state index in [4.69, 9.17) is 13.7 Å². The van der Waals surface area contributed by atoms with Crippen LogP contribution in [0, 0.1) is 5.82 Å². The van der Waals surface area contributed by atoms with Gasteiger partial charge < -0.3 is 18.6 Å². The third-order valence-corrected chi connectivity index (χ3v) is 11.7. The molecule has 1 amide bonds. The van der Waals surface area contributed by atoms with Gasteiger partial charge in [0.15, 0.2) is 8.32 Å². The smallest absolute Gasteiger partial charge is 0.412 e. The standard InChI is InChI=1S/C22H35BFNO4Si/c1-20(2,3)30(8,9)27-16-13-19(26)25(14-16)18-11-10-15(12-17(18)24)23-28-21(4,5)22(6,7)29-23/h10-12,16H,13-14H2,1-9H3/t16-/m0/s1. The zero-order valence-corrected chi connectivity index (χ0v) is 20.8. The van der Waals surface area contributed by atoms with E-state index in [9.17, 15) is 4.79 Å². The Balaban J connectivity index is 1.75. The van der Waals surface area contributed by atoms with Crippen molar-refractivity contribution in [2.24, 2.45) is 0 Å². The first kappa shape index (κ1) is 23.4. The second kappa shape index (κ2) is 7.43. The Hall–Kier alpha value is -1.22. The van der Waals surface area contributed by atoms with Crippen LogP contribution in [0.5, 0.6) is 0 Å². The normalized spacial score (nSPS) is 24.1. The Bertz CT molecular complexity index is 821. The van der Waals surface area contributed by atoms with Crippen LogP contribution in [-0.4, -0.2) is 45.2 Å². The summed E-state index contributed by atoms with van der Waals surface area (Å²) in [4.78, 5) is 14.1. The molecule has 0 aromatic heterocycles. The summed E-state index contributed by atoms with van der Waals surface area (Å²) in [6.45, 7) is 19.1. The molecule has 5 nitrogen and oxygen atoms in total.